The van der Waals surface area contributed by atoms with Crippen LogP contribution in [0, 0.1) is 11.3 Å². The molecule has 7 nitrogen and oxygen atoms in total. The molecular weight excluding hydrogens is 358 g/mol. The highest BCUT2D eigenvalue weighted by Crippen LogP contribution is 2.31. The van der Waals surface area contributed by atoms with Crippen LogP contribution in [0.25, 0.3) is 0 Å². The second-order valence-electron chi connectivity index (χ2n) is 8.20. The smallest absolute Gasteiger partial charge is 0.228 e. The highest BCUT2D eigenvalue weighted by atomic mass is 16.5. The number of methoxy groups -OCH3 is 2. The lowest BCUT2D eigenvalue weighted by Gasteiger charge is -2.24. The van der Waals surface area contributed by atoms with Gasteiger partial charge in [0.05, 0.1) is 20.1 Å². The zero-order valence-corrected chi connectivity index (χ0v) is 17.1. The maximum absolute atomic E-state index is 12.8. The van der Waals surface area contributed by atoms with Crippen LogP contribution in [0.2, 0.25) is 0 Å². The van der Waals surface area contributed by atoms with Crippen molar-refractivity contribution in [2.45, 2.75) is 26.2 Å². The molecule has 2 aliphatic heterocycles. The van der Waals surface area contributed by atoms with Crippen LogP contribution >= 0.6 is 0 Å². The Hall–Kier alpha value is -2.28. The fourth-order valence-corrected chi connectivity index (χ4v) is 4.09. The van der Waals surface area contributed by atoms with E-state index in [4.69, 9.17) is 15.2 Å². The summed E-state index contributed by atoms with van der Waals surface area (Å²) in [4.78, 5) is 29.0. The lowest BCUT2D eigenvalue weighted by molar-refractivity contribution is -0.135. The van der Waals surface area contributed by atoms with Gasteiger partial charge in [-0.1, -0.05) is 13.0 Å². The van der Waals surface area contributed by atoms with E-state index in [1.165, 1.54) is 0 Å². The number of carbonyl (C=O) groups excluding carboxylic acids is 2. The third-order valence-electron chi connectivity index (χ3n) is 6.04. The van der Waals surface area contributed by atoms with Crippen LogP contribution in [0.4, 0.5) is 0 Å². The van der Waals surface area contributed by atoms with Crippen molar-refractivity contribution < 1.29 is 19.1 Å². The number of amides is 2. The first-order valence-corrected chi connectivity index (χ1v) is 9.86. The second kappa shape index (κ2) is 8.39. The Morgan fingerprint density at radius 2 is 2.04 bits per heavy atom. The van der Waals surface area contributed by atoms with Crippen LogP contribution in [0.3, 0.4) is 0 Å². The van der Waals surface area contributed by atoms with Gasteiger partial charge < -0.3 is 25.0 Å². The van der Waals surface area contributed by atoms with E-state index in [-0.39, 0.29) is 23.1 Å². The van der Waals surface area contributed by atoms with E-state index >= 15 is 0 Å². The average molecular weight is 389 g/mol. The van der Waals surface area contributed by atoms with E-state index in [0.29, 0.717) is 50.5 Å². The van der Waals surface area contributed by atoms with Gasteiger partial charge >= 0.3 is 0 Å². The van der Waals surface area contributed by atoms with Crippen LogP contribution in [-0.2, 0) is 16.0 Å². The monoisotopic (exact) mass is 389 g/mol. The summed E-state index contributed by atoms with van der Waals surface area (Å²) in [5.41, 5.74) is 6.92. The van der Waals surface area contributed by atoms with Gasteiger partial charge in [-0.25, -0.2) is 0 Å². The van der Waals surface area contributed by atoms with Gasteiger partial charge in [0.2, 0.25) is 11.8 Å². The van der Waals surface area contributed by atoms with Gasteiger partial charge in [0.1, 0.15) is 0 Å². The third kappa shape index (κ3) is 4.24. The number of rotatable bonds is 7. The van der Waals surface area contributed by atoms with Crippen molar-refractivity contribution in [2.24, 2.45) is 17.1 Å². The van der Waals surface area contributed by atoms with Crippen molar-refractivity contribution in [3.63, 3.8) is 0 Å². The molecule has 0 radical (unpaired) electrons. The van der Waals surface area contributed by atoms with E-state index < -0.39 is 0 Å². The summed E-state index contributed by atoms with van der Waals surface area (Å²) >= 11 is 0. The average Bonchev–Trinajstić information content (AvgIpc) is 3.29. The number of likely N-dealkylation sites (tertiary alicyclic amines) is 2. The highest BCUT2D eigenvalue weighted by Gasteiger charge is 2.41. The first-order valence-electron chi connectivity index (χ1n) is 9.86. The Bertz CT molecular complexity index is 738. The van der Waals surface area contributed by atoms with Gasteiger partial charge in [-0.15, -0.1) is 0 Å². The van der Waals surface area contributed by atoms with Crippen molar-refractivity contribution >= 4 is 11.8 Å². The van der Waals surface area contributed by atoms with E-state index in [2.05, 4.69) is 6.92 Å². The Labute approximate surface area is 166 Å². The summed E-state index contributed by atoms with van der Waals surface area (Å²) in [6.45, 7) is 5.23. The molecule has 2 N–H and O–H groups in total. The van der Waals surface area contributed by atoms with Gasteiger partial charge in [0.15, 0.2) is 11.5 Å². The highest BCUT2D eigenvalue weighted by molar-refractivity contribution is 5.89. The largest absolute Gasteiger partial charge is 0.493 e. The molecule has 3 rings (SSSR count). The number of nitrogens with zero attached hydrogens (tertiary/aromatic N) is 2. The fraction of sp³-hybridized carbons (Fsp3) is 0.619. The first-order chi connectivity index (χ1) is 13.4. The van der Waals surface area contributed by atoms with Gasteiger partial charge in [0.25, 0.3) is 0 Å². The van der Waals surface area contributed by atoms with E-state index in [0.717, 1.165) is 18.5 Å². The molecule has 2 atom stereocenters. The number of ether oxygens (including phenoxy) is 2. The van der Waals surface area contributed by atoms with Crippen molar-refractivity contribution in [1.29, 1.82) is 0 Å². The molecule has 1 aromatic carbocycles. The van der Waals surface area contributed by atoms with Crippen molar-refractivity contribution in [2.75, 3.05) is 46.9 Å². The molecule has 0 bridgehead atoms. The van der Waals surface area contributed by atoms with Crippen molar-refractivity contribution in [1.82, 2.24) is 9.80 Å². The van der Waals surface area contributed by atoms with E-state index in [1.54, 1.807) is 19.1 Å². The number of benzene rings is 1. The molecule has 0 spiro atoms. The number of hydrogen-bond acceptors (Lipinski definition) is 5. The molecule has 2 fully saturated rings. The SMILES string of the molecule is COc1ccc(CCN2CC(C(=O)N3CCC(C)(CN)C3)CC2=O)cc1OC. The normalized spacial score (nSPS) is 24.7. The fourth-order valence-electron chi connectivity index (χ4n) is 4.09. The first kappa shape index (κ1) is 20.5. The zero-order chi connectivity index (χ0) is 20.3. The topological polar surface area (TPSA) is 85.1 Å². The Morgan fingerprint density at radius 1 is 1.29 bits per heavy atom. The maximum Gasteiger partial charge on any atom is 0.228 e. The van der Waals surface area contributed by atoms with Gasteiger partial charge in [-0.2, -0.15) is 0 Å². The minimum atomic E-state index is -0.238. The summed E-state index contributed by atoms with van der Waals surface area (Å²) in [6.07, 6.45) is 1.95. The van der Waals surface area contributed by atoms with Crippen molar-refractivity contribution in [3.8, 4) is 11.5 Å². The van der Waals surface area contributed by atoms with Crippen LogP contribution in [-0.4, -0.2) is 68.6 Å². The minimum absolute atomic E-state index is 0.00534. The molecule has 0 saturated carbocycles. The Morgan fingerprint density at radius 3 is 2.68 bits per heavy atom. The molecule has 154 valence electrons. The second-order valence-corrected chi connectivity index (χ2v) is 8.20. The Balaban J connectivity index is 1.56. The van der Waals surface area contributed by atoms with Crippen LogP contribution in [0.1, 0.15) is 25.3 Å². The molecule has 1 aromatic rings. The third-order valence-corrected chi connectivity index (χ3v) is 6.04. The van der Waals surface area contributed by atoms with Gasteiger partial charge in [0, 0.05) is 32.6 Å². The molecule has 28 heavy (non-hydrogen) atoms. The summed E-state index contributed by atoms with van der Waals surface area (Å²) in [6, 6.07) is 5.77. The lowest BCUT2D eigenvalue weighted by atomic mass is 9.90. The molecule has 0 aliphatic carbocycles. The van der Waals surface area contributed by atoms with Crippen LogP contribution in [0.5, 0.6) is 11.5 Å². The summed E-state index contributed by atoms with van der Waals surface area (Å²) in [5, 5.41) is 0. The maximum atomic E-state index is 12.8. The molecule has 2 unspecified atom stereocenters. The summed E-state index contributed by atoms with van der Waals surface area (Å²) in [5.74, 6) is 1.28. The molecule has 0 aromatic heterocycles. The molecule has 7 heteroatoms. The Kier molecular flexibility index (Phi) is 6.13. The van der Waals surface area contributed by atoms with E-state index in [9.17, 15) is 9.59 Å². The lowest BCUT2D eigenvalue weighted by Crippen LogP contribution is -2.38. The summed E-state index contributed by atoms with van der Waals surface area (Å²) < 4.78 is 10.6. The van der Waals surface area contributed by atoms with Crippen molar-refractivity contribution in [3.05, 3.63) is 23.8 Å². The van der Waals surface area contributed by atoms with E-state index in [1.807, 2.05) is 23.1 Å². The standard InChI is InChI=1S/C21H31N3O4/c1-21(13-22)7-9-24(14-21)20(26)16-11-19(25)23(12-16)8-6-15-4-5-17(27-2)18(10-15)28-3/h4-5,10,16H,6-9,11-14,22H2,1-3H3. The number of carbonyl (C=O) groups is 2. The predicted molar refractivity (Wildman–Crippen MR) is 106 cm³/mol. The zero-order valence-electron chi connectivity index (χ0n) is 17.1. The molecule has 2 aliphatic rings. The number of hydrogen-bond donors (Lipinski definition) is 1. The van der Waals surface area contributed by atoms with Crippen LogP contribution < -0.4 is 15.2 Å². The molecule has 2 amide bonds. The van der Waals surface area contributed by atoms with Gasteiger partial charge in [-0.3, -0.25) is 9.59 Å². The summed E-state index contributed by atoms with van der Waals surface area (Å²) in [7, 11) is 3.21. The molecular formula is C21H31N3O4. The molecule has 2 saturated heterocycles. The number of nitrogens with two attached hydrogens (primary N) is 1. The molecule has 2 heterocycles. The minimum Gasteiger partial charge on any atom is -0.493 e. The predicted octanol–water partition coefficient (Wildman–Crippen LogP) is 1.29. The van der Waals surface area contributed by atoms with Gasteiger partial charge in [-0.05, 0) is 42.5 Å². The van der Waals surface area contributed by atoms with Crippen LogP contribution in [0.15, 0.2) is 18.2 Å². The quantitative estimate of drug-likeness (QED) is 0.760.